The van der Waals surface area contributed by atoms with Crippen LogP contribution in [0.3, 0.4) is 0 Å². The van der Waals surface area contributed by atoms with Crippen LogP contribution < -0.4 is 14.8 Å². The monoisotopic (exact) mass is 394 g/mol. The maximum Gasteiger partial charge on any atom is 0.251 e. The van der Waals surface area contributed by atoms with Gasteiger partial charge in [0.05, 0.1) is 11.4 Å². The highest BCUT2D eigenvalue weighted by atomic mass is 35.5. The van der Waals surface area contributed by atoms with Crippen LogP contribution in [0.1, 0.15) is 10.4 Å². The topological polar surface area (TPSA) is 84.5 Å². The molecule has 1 amide bonds. The summed E-state index contributed by atoms with van der Waals surface area (Å²) >= 11 is 5.79. The van der Waals surface area contributed by atoms with Crippen molar-refractivity contribution in [3.8, 4) is 5.75 Å². The van der Waals surface area contributed by atoms with E-state index in [1.807, 2.05) is 0 Å². The standard InChI is InChI=1S/C18H19ClN2O4S/c1-2-10-21-26(23,24)17-5-3-4-14(13-17)18(22)20-11-12-25-16-8-6-15(19)7-9-16/h2-9,13,21H,1,10-12H2,(H,20,22). The normalized spacial score (nSPS) is 11.0. The summed E-state index contributed by atoms with van der Waals surface area (Å²) < 4.78 is 32.0. The lowest BCUT2D eigenvalue weighted by Gasteiger charge is -2.09. The van der Waals surface area contributed by atoms with E-state index in [-0.39, 0.29) is 36.1 Å². The van der Waals surface area contributed by atoms with E-state index in [1.165, 1.54) is 24.3 Å². The molecule has 0 aliphatic carbocycles. The van der Waals surface area contributed by atoms with Crippen LogP contribution in [0.2, 0.25) is 5.02 Å². The van der Waals surface area contributed by atoms with Crippen LogP contribution in [-0.4, -0.2) is 34.0 Å². The van der Waals surface area contributed by atoms with Gasteiger partial charge in [-0.2, -0.15) is 0 Å². The van der Waals surface area contributed by atoms with Crippen molar-refractivity contribution in [1.29, 1.82) is 0 Å². The maximum absolute atomic E-state index is 12.2. The lowest BCUT2D eigenvalue weighted by molar-refractivity contribution is 0.0947. The Hall–Kier alpha value is -2.35. The fraction of sp³-hybridized carbons (Fsp3) is 0.167. The van der Waals surface area contributed by atoms with Gasteiger partial charge in [-0.1, -0.05) is 23.7 Å². The number of sulfonamides is 1. The van der Waals surface area contributed by atoms with Crippen LogP contribution in [0.4, 0.5) is 0 Å². The number of halogens is 1. The summed E-state index contributed by atoms with van der Waals surface area (Å²) in [5.74, 6) is 0.260. The molecule has 0 aliphatic heterocycles. The highest BCUT2D eigenvalue weighted by molar-refractivity contribution is 7.89. The molecule has 0 fully saturated rings. The number of carbonyl (C=O) groups is 1. The van der Waals surface area contributed by atoms with E-state index in [1.54, 1.807) is 30.3 Å². The van der Waals surface area contributed by atoms with E-state index >= 15 is 0 Å². The zero-order valence-corrected chi connectivity index (χ0v) is 15.5. The van der Waals surface area contributed by atoms with Crippen LogP contribution in [0.15, 0.2) is 66.1 Å². The van der Waals surface area contributed by atoms with Crippen molar-refractivity contribution in [1.82, 2.24) is 10.0 Å². The fourth-order valence-electron chi connectivity index (χ4n) is 2.02. The Morgan fingerprint density at radius 2 is 1.92 bits per heavy atom. The molecule has 0 aliphatic rings. The number of nitrogens with one attached hydrogen (secondary N) is 2. The van der Waals surface area contributed by atoms with Crippen LogP contribution in [-0.2, 0) is 10.0 Å². The molecule has 2 aromatic carbocycles. The van der Waals surface area contributed by atoms with Gasteiger partial charge in [0.15, 0.2) is 0 Å². The van der Waals surface area contributed by atoms with Crippen molar-refractivity contribution in [2.45, 2.75) is 4.90 Å². The number of hydrogen-bond donors (Lipinski definition) is 2. The Bertz CT molecular complexity index is 867. The highest BCUT2D eigenvalue weighted by Gasteiger charge is 2.15. The molecule has 6 nitrogen and oxygen atoms in total. The Kier molecular flexibility index (Phi) is 7.20. The van der Waals surface area contributed by atoms with Crippen molar-refractivity contribution >= 4 is 27.5 Å². The van der Waals surface area contributed by atoms with Gasteiger partial charge in [-0.25, -0.2) is 13.1 Å². The van der Waals surface area contributed by atoms with Crippen molar-refractivity contribution in [2.75, 3.05) is 19.7 Å². The number of rotatable bonds is 9. The minimum Gasteiger partial charge on any atom is -0.492 e. The summed E-state index contributed by atoms with van der Waals surface area (Å²) in [5.41, 5.74) is 0.248. The molecule has 0 saturated heterocycles. The molecule has 0 atom stereocenters. The zero-order chi connectivity index (χ0) is 19.0. The average molecular weight is 395 g/mol. The minimum absolute atomic E-state index is 0.0180. The molecule has 0 radical (unpaired) electrons. The van der Waals surface area contributed by atoms with Gasteiger partial charge in [0.1, 0.15) is 12.4 Å². The van der Waals surface area contributed by atoms with Crippen molar-refractivity contribution in [3.05, 3.63) is 71.8 Å². The van der Waals surface area contributed by atoms with Gasteiger partial charge in [-0.05, 0) is 42.5 Å². The van der Waals surface area contributed by atoms with E-state index in [2.05, 4.69) is 16.6 Å². The van der Waals surface area contributed by atoms with Gasteiger partial charge in [0, 0.05) is 17.1 Å². The number of hydrogen-bond acceptors (Lipinski definition) is 4. The van der Waals surface area contributed by atoms with Gasteiger partial charge in [0.25, 0.3) is 5.91 Å². The SMILES string of the molecule is C=CCNS(=O)(=O)c1cccc(C(=O)NCCOc2ccc(Cl)cc2)c1. The van der Waals surface area contributed by atoms with Crippen LogP contribution >= 0.6 is 11.6 Å². The van der Waals surface area contributed by atoms with E-state index in [9.17, 15) is 13.2 Å². The lowest BCUT2D eigenvalue weighted by atomic mass is 10.2. The first-order chi connectivity index (χ1) is 12.4. The molecule has 138 valence electrons. The smallest absolute Gasteiger partial charge is 0.251 e. The Morgan fingerprint density at radius 3 is 2.62 bits per heavy atom. The molecule has 26 heavy (non-hydrogen) atoms. The Labute approximate surface area is 157 Å². The number of benzene rings is 2. The molecule has 0 bridgehead atoms. The van der Waals surface area contributed by atoms with Gasteiger partial charge in [0.2, 0.25) is 10.0 Å². The summed E-state index contributed by atoms with van der Waals surface area (Å²) in [5, 5.41) is 3.29. The molecular weight excluding hydrogens is 376 g/mol. The quantitative estimate of drug-likeness (QED) is 0.505. The van der Waals surface area contributed by atoms with E-state index in [4.69, 9.17) is 16.3 Å². The molecular formula is C18H19ClN2O4S. The van der Waals surface area contributed by atoms with Crippen LogP contribution in [0.5, 0.6) is 5.75 Å². The minimum atomic E-state index is -3.68. The molecule has 2 aromatic rings. The van der Waals surface area contributed by atoms with E-state index < -0.39 is 10.0 Å². The third-order valence-corrected chi connectivity index (χ3v) is 4.97. The van der Waals surface area contributed by atoms with Crippen LogP contribution in [0.25, 0.3) is 0 Å². The first-order valence-corrected chi connectivity index (χ1v) is 9.65. The summed E-state index contributed by atoms with van der Waals surface area (Å²) in [4.78, 5) is 12.2. The summed E-state index contributed by atoms with van der Waals surface area (Å²) in [6.07, 6.45) is 1.44. The summed E-state index contributed by atoms with van der Waals surface area (Å²) in [7, 11) is -3.68. The predicted molar refractivity (Wildman–Crippen MR) is 101 cm³/mol. The summed E-state index contributed by atoms with van der Waals surface area (Å²) in [6.45, 7) is 4.11. The van der Waals surface area contributed by atoms with Crippen molar-refractivity contribution in [3.63, 3.8) is 0 Å². The zero-order valence-electron chi connectivity index (χ0n) is 13.9. The fourth-order valence-corrected chi connectivity index (χ4v) is 3.19. The molecule has 0 spiro atoms. The number of carbonyl (C=O) groups excluding carboxylic acids is 1. The number of ether oxygens (including phenoxy) is 1. The maximum atomic E-state index is 12.2. The Balaban J connectivity index is 1.90. The predicted octanol–water partition coefficient (Wildman–Crippen LogP) is 2.61. The van der Waals surface area contributed by atoms with Gasteiger partial charge < -0.3 is 10.1 Å². The van der Waals surface area contributed by atoms with Gasteiger partial charge >= 0.3 is 0 Å². The largest absolute Gasteiger partial charge is 0.492 e. The first-order valence-electron chi connectivity index (χ1n) is 7.79. The third kappa shape index (κ3) is 5.87. The first kappa shape index (κ1) is 20.0. The van der Waals surface area contributed by atoms with Crippen LogP contribution in [0, 0.1) is 0 Å². The lowest BCUT2D eigenvalue weighted by Crippen LogP contribution is -2.28. The average Bonchev–Trinajstić information content (AvgIpc) is 2.65. The molecule has 0 aromatic heterocycles. The van der Waals surface area contributed by atoms with E-state index in [0.717, 1.165) is 0 Å². The molecule has 8 heteroatoms. The molecule has 0 saturated carbocycles. The van der Waals surface area contributed by atoms with Crippen molar-refractivity contribution in [2.24, 2.45) is 0 Å². The number of amides is 1. The second kappa shape index (κ2) is 9.38. The molecule has 2 rings (SSSR count). The molecule has 2 N–H and O–H groups in total. The summed E-state index contributed by atoms with van der Waals surface area (Å²) in [6, 6.07) is 12.7. The highest BCUT2D eigenvalue weighted by Crippen LogP contribution is 2.15. The van der Waals surface area contributed by atoms with Gasteiger partial charge in [-0.15, -0.1) is 6.58 Å². The van der Waals surface area contributed by atoms with Gasteiger partial charge in [-0.3, -0.25) is 4.79 Å². The Morgan fingerprint density at radius 1 is 1.19 bits per heavy atom. The van der Waals surface area contributed by atoms with E-state index in [0.29, 0.717) is 10.8 Å². The third-order valence-electron chi connectivity index (χ3n) is 3.29. The second-order valence-electron chi connectivity index (χ2n) is 5.23. The molecule has 0 heterocycles. The molecule has 0 unspecified atom stereocenters. The van der Waals surface area contributed by atoms with Crippen molar-refractivity contribution < 1.29 is 17.9 Å². The second-order valence-corrected chi connectivity index (χ2v) is 7.43.